The summed E-state index contributed by atoms with van der Waals surface area (Å²) >= 11 is 12.4. The van der Waals surface area contributed by atoms with Crippen LogP contribution >= 0.6 is 23.2 Å². The molecule has 3 aromatic rings. The van der Waals surface area contributed by atoms with E-state index in [0.29, 0.717) is 16.5 Å². The second kappa shape index (κ2) is 12.7. The van der Waals surface area contributed by atoms with Gasteiger partial charge >= 0.3 is 0 Å². The van der Waals surface area contributed by atoms with Crippen LogP contribution in [0.5, 0.6) is 0 Å². The lowest BCUT2D eigenvalue weighted by molar-refractivity contribution is -0.140. The van der Waals surface area contributed by atoms with Crippen LogP contribution in [0.4, 0.5) is 5.69 Å². The normalized spacial score (nSPS) is 12.1. The summed E-state index contributed by atoms with van der Waals surface area (Å²) in [6.45, 7) is 5.02. The van der Waals surface area contributed by atoms with Crippen LogP contribution in [0.25, 0.3) is 0 Å². The molecule has 2 amide bonds. The van der Waals surface area contributed by atoms with Crippen molar-refractivity contribution in [2.45, 2.75) is 44.7 Å². The highest BCUT2D eigenvalue weighted by Crippen LogP contribution is 2.29. The number of amides is 2. The summed E-state index contributed by atoms with van der Waals surface area (Å²) in [5.41, 5.74) is 2.66. The number of hydrogen-bond acceptors (Lipinski definition) is 4. The molecule has 1 N–H and O–H groups in total. The molecule has 0 aromatic heterocycles. The first-order chi connectivity index (χ1) is 18.0. The number of sulfonamides is 1. The number of aryl methyl sites for hydroxylation is 2. The Morgan fingerprint density at radius 3 is 2.13 bits per heavy atom. The molecule has 0 bridgehead atoms. The summed E-state index contributed by atoms with van der Waals surface area (Å²) in [5.74, 6) is -0.885. The molecular weight excluding hydrogens is 545 g/mol. The minimum atomic E-state index is -4.16. The Labute approximate surface area is 234 Å². The van der Waals surface area contributed by atoms with Crippen molar-refractivity contribution in [2.24, 2.45) is 0 Å². The van der Waals surface area contributed by atoms with Gasteiger partial charge in [-0.1, -0.05) is 66.0 Å². The van der Waals surface area contributed by atoms with E-state index in [9.17, 15) is 18.0 Å². The lowest BCUT2D eigenvalue weighted by Crippen LogP contribution is -2.51. The minimum absolute atomic E-state index is 0.0372. The van der Waals surface area contributed by atoms with E-state index in [4.69, 9.17) is 23.2 Å². The number of rotatable bonds is 10. The topological polar surface area (TPSA) is 86.8 Å². The average molecular weight is 577 g/mol. The lowest BCUT2D eigenvalue weighted by atomic mass is 10.1. The Hall–Kier alpha value is -3.07. The molecule has 38 heavy (non-hydrogen) atoms. The second-order valence-electron chi connectivity index (χ2n) is 8.94. The standard InChI is InChI=1S/C28H31Cl2N3O4S/c1-5-26(28(35)31-4)32(17-21-9-11-22(29)12-10-21)27(34)18-33(23-13-8-20(3)25(30)16-23)38(36,37)24-14-6-19(2)7-15-24/h6-16,26H,5,17-18H2,1-4H3,(H,31,35). The quantitative estimate of drug-likeness (QED) is 0.352. The van der Waals surface area contributed by atoms with Gasteiger partial charge < -0.3 is 10.2 Å². The Balaban J connectivity index is 2.08. The van der Waals surface area contributed by atoms with Crippen molar-refractivity contribution in [2.75, 3.05) is 17.9 Å². The van der Waals surface area contributed by atoms with Gasteiger partial charge in [0.05, 0.1) is 10.6 Å². The molecule has 0 saturated carbocycles. The van der Waals surface area contributed by atoms with Gasteiger partial charge in [-0.25, -0.2) is 8.42 Å². The first-order valence-electron chi connectivity index (χ1n) is 12.1. The van der Waals surface area contributed by atoms with Gasteiger partial charge in [-0.05, 0) is 67.8 Å². The fourth-order valence-electron chi connectivity index (χ4n) is 3.98. The fourth-order valence-corrected chi connectivity index (χ4v) is 5.68. The van der Waals surface area contributed by atoms with Crippen molar-refractivity contribution < 1.29 is 18.0 Å². The van der Waals surface area contributed by atoms with Crippen molar-refractivity contribution in [3.05, 3.63) is 93.5 Å². The molecule has 3 aromatic carbocycles. The lowest BCUT2D eigenvalue weighted by Gasteiger charge is -2.33. The number of nitrogens with one attached hydrogen (secondary N) is 1. The number of carbonyl (C=O) groups is 2. The maximum Gasteiger partial charge on any atom is 0.264 e. The summed E-state index contributed by atoms with van der Waals surface area (Å²) in [6.07, 6.45) is 0.333. The Morgan fingerprint density at radius 1 is 0.947 bits per heavy atom. The molecular formula is C28H31Cl2N3O4S. The van der Waals surface area contributed by atoms with Crippen LogP contribution in [0, 0.1) is 13.8 Å². The molecule has 0 aliphatic carbocycles. The van der Waals surface area contributed by atoms with Crippen molar-refractivity contribution in [3.8, 4) is 0 Å². The second-order valence-corrected chi connectivity index (χ2v) is 11.7. The van der Waals surface area contributed by atoms with Crippen molar-refractivity contribution >= 4 is 50.7 Å². The van der Waals surface area contributed by atoms with Crippen LogP contribution in [0.3, 0.4) is 0 Å². The SMILES string of the molecule is CCC(C(=O)NC)N(Cc1ccc(Cl)cc1)C(=O)CN(c1ccc(C)c(Cl)c1)S(=O)(=O)c1ccc(C)cc1. The molecule has 202 valence electrons. The number of benzene rings is 3. The van der Waals surface area contributed by atoms with Crippen LogP contribution in [0.1, 0.15) is 30.0 Å². The monoisotopic (exact) mass is 575 g/mol. The Bertz CT molecular complexity index is 1390. The van der Waals surface area contributed by atoms with Gasteiger partial charge in [-0.15, -0.1) is 0 Å². The van der Waals surface area contributed by atoms with Gasteiger partial charge in [0.1, 0.15) is 12.6 Å². The molecule has 1 unspecified atom stereocenters. The van der Waals surface area contributed by atoms with Crippen molar-refractivity contribution in [3.63, 3.8) is 0 Å². The van der Waals surface area contributed by atoms with Gasteiger partial charge in [-0.3, -0.25) is 13.9 Å². The van der Waals surface area contributed by atoms with Crippen LogP contribution < -0.4 is 9.62 Å². The average Bonchev–Trinajstić information content (AvgIpc) is 2.89. The van der Waals surface area contributed by atoms with E-state index < -0.39 is 28.5 Å². The molecule has 0 heterocycles. The molecule has 10 heteroatoms. The van der Waals surface area contributed by atoms with Crippen LogP contribution in [0.2, 0.25) is 10.0 Å². The molecule has 1 atom stereocenters. The highest BCUT2D eigenvalue weighted by molar-refractivity contribution is 7.92. The zero-order valence-corrected chi connectivity index (χ0v) is 24.1. The highest BCUT2D eigenvalue weighted by atomic mass is 35.5. The summed E-state index contributed by atoms with van der Waals surface area (Å²) in [4.78, 5) is 28.1. The van der Waals surface area contributed by atoms with Gasteiger partial charge in [0.2, 0.25) is 11.8 Å². The number of carbonyl (C=O) groups excluding carboxylic acids is 2. The van der Waals surface area contributed by atoms with Crippen LogP contribution in [-0.2, 0) is 26.2 Å². The minimum Gasteiger partial charge on any atom is -0.357 e. The van der Waals surface area contributed by atoms with Crippen LogP contribution in [-0.4, -0.2) is 44.8 Å². The number of halogens is 2. The van der Waals surface area contributed by atoms with E-state index in [1.807, 2.05) is 6.92 Å². The zero-order chi connectivity index (χ0) is 28.0. The fraction of sp³-hybridized carbons (Fsp3) is 0.286. The third kappa shape index (κ3) is 6.87. The van der Waals surface area contributed by atoms with Gasteiger partial charge in [0.15, 0.2) is 0 Å². The van der Waals surface area contributed by atoms with Gasteiger partial charge in [-0.2, -0.15) is 0 Å². The van der Waals surface area contributed by atoms with Gasteiger partial charge in [0, 0.05) is 23.6 Å². The Kier molecular flexibility index (Phi) is 9.82. The molecule has 3 rings (SSSR count). The predicted octanol–water partition coefficient (Wildman–Crippen LogP) is 5.36. The highest BCUT2D eigenvalue weighted by Gasteiger charge is 2.33. The summed E-state index contributed by atoms with van der Waals surface area (Å²) in [5, 5.41) is 3.51. The molecule has 0 radical (unpaired) electrons. The van der Waals surface area contributed by atoms with E-state index in [1.54, 1.807) is 62.4 Å². The van der Waals surface area contributed by atoms with E-state index >= 15 is 0 Å². The Morgan fingerprint density at radius 2 is 1.58 bits per heavy atom. The first-order valence-corrected chi connectivity index (χ1v) is 14.3. The molecule has 0 fully saturated rings. The number of likely N-dealkylation sites (N-methyl/N-ethyl adjacent to an activating group) is 1. The summed E-state index contributed by atoms with van der Waals surface area (Å²) < 4.78 is 28.7. The number of anilines is 1. The van der Waals surface area contributed by atoms with E-state index in [0.717, 1.165) is 21.0 Å². The largest absolute Gasteiger partial charge is 0.357 e. The smallest absolute Gasteiger partial charge is 0.264 e. The van der Waals surface area contributed by atoms with Gasteiger partial charge in [0.25, 0.3) is 10.0 Å². The molecule has 0 saturated heterocycles. The molecule has 7 nitrogen and oxygen atoms in total. The number of nitrogens with zero attached hydrogens (tertiary/aromatic N) is 2. The molecule has 0 aliphatic rings. The maximum atomic E-state index is 13.9. The van der Waals surface area contributed by atoms with Crippen molar-refractivity contribution in [1.82, 2.24) is 10.2 Å². The third-order valence-corrected chi connectivity index (χ3v) is 8.68. The number of hydrogen-bond donors (Lipinski definition) is 1. The maximum absolute atomic E-state index is 13.9. The van der Waals surface area contributed by atoms with E-state index in [-0.39, 0.29) is 23.0 Å². The van der Waals surface area contributed by atoms with E-state index in [2.05, 4.69) is 5.32 Å². The summed E-state index contributed by atoms with van der Waals surface area (Å²) in [6, 6.07) is 17.3. The van der Waals surface area contributed by atoms with Crippen LogP contribution in [0.15, 0.2) is 71.6 Å². The molecule has 0 aliphatic heterocycles. The zero-order valence-electron chi connectivity index (χ0n) is 21.7. The van der Waals surface area contributed by atoms with E-state index in [1.165, 1.54) is 30.1 Å². The van der Waals surface area contributed by atoms with Crippen molar-refractivity contribution in [1.29, 1.82) is 0 Å². The summed E-state index contributed by atoms with van der Waals surface area (Å²) in [7, 11) is -2.66. The third-order valence-electron chi connectivity index (χ3n) is 6.23. The molecule has 0 spiro atoms. The first kappa shape index (κ1) is 29.5. The predicted molar refractivity (Wildman–Crippen MR) is 152 cm³/mol.